The number of carbonyl (C=O) groups is 1. The van der Waals surface area contributed by atoms with Crippen LogP contribution in [0, 0.1) is 5.82 Å². The van der Waals surface area contributed by atoms with Crippen molar-refractivity contribution >= 4 is 17.4 Å². The van der Waals surface area contributed by atoms with E-state index in [9.17, 15) is 22.4 Å². The predicted octanol–water partition coefficient (Wildman–Crippen LogP) is 6.88. The molecule has 34 heavy (non-hydrogen) atoms. The van der Waals surface area contributed by atoms with Crippen LogP contribution in [0.2, 0.25) is 0 Å². The van der Waals surface area contributed by atoms with E-state index in [1.54, 1.807) is 25.1 Å². The first-order valence-electron chi connectivity index (χ1n) is 11.1. The molecule has 0 radical (unpaired) electrons. The highest BCUT2D eigenvalue weighted by Crippen LogP contribution is 2.31. The number of benzene rings is 1. The van der Waals surface area contributed by atoms with E-state index < -0.39 is 18.0 Å². The lowest BCUT2D eigenvalue weighted by atomic mass is 9.99. The highest BCUT2D eigenvalue weighted by molar-refractivity contribution is 5.93. The van der Waals surface area contributed by atoms with Gasteiger partial charge in [0.2, 0.25) is 5.76 Å². The molecule has 0 N–H and O–H groups in total. The summed E-state index contributed by atoms with van der Waals surface area (Å²) in [6, 6.07) is 7.78. The lowest BCUT2D eigenvalue weighted by Gasteiger charge is -2.28. The number of rotatable bonds is 6. The quantitative estimate of drug-likeness (QED) is 0.259. The average Bonchev–Trinajstić information content (AvgIpc) is 3.28. The summed E-state index contributed by atoms with van der Waals surface area (Å²) in [4.78, 5) is 20.2. The summed E-state index contributed by atoms with van der Waals surface area (Å²) < 4.78 is 56.6. The second kappa shape index (κ2) is 11.2. The second-order valence-electron chi connectivity index (χ2n) is 7.94. The molecule has 2 amide bonds. The van der Waals surface area contributed by atoms with Crippen LogP contribution in [0.3, 0.4) is 0 Å². The second-order valence-corrected chi connectivity index (χ2v) is 7.94. The Hall–Kier alpha value is -3.36. The molecule has 0 saturated heterocycles. The first-order chi connectivity index (χ1) is 16.2. The number of allylic oxidation sites excluding steroid dienone is 1. The Kier molecular flexibility index (Phi) is 8.31. The van der Waals surface area contributed by atoms with Gasteiger partial charge in [-0.25, -0.2) is 9.18 Å². The van der Waals surface area contributed by atoms with Crippen molar-refractivity contribution < 1.29 is 26.8 Å². The molecule has 1 aliphatic heterocycles. The molecule has 0 spiro atoms. The summed E-state index contributed by atoms with van der Waals surface area (Å²) in [6.07, 6.45) is 3.00. The zero-order valence-corrected chi connectivity index (χ0v) is 19.1. The van der Waals surface area contributed by atoms with Crippen molar-refractivity contribution in [3.05, 3.63) is 77.7 Å². The minimum Gasteiger partial charge on any atom is -0.455 e. The van der Waals surface area contributed by atoms with Crippen molar-refractivity contribution in [2.45, 2.75) is 45.8 Å². The standard InChI is InChI=1S/C25H27F4N3O2/c1-3-4-5-14-32(17-22-10-11-23(34-22)25(27,28)29)24(33)30-18(2)31-15-12-20(13-16-31)19-6-8-21(26)9-7-19/h5-12,14H,3-4,13,15-17H2,1-2H3/b14-5+,30-18?. The van der Waals surface area contributed by atoms with E-state index in [-0.39, 0.29) is 18.1 Å². The van der Waals surface area contributed by atoms with Crippen molar-refractivity contribution in [3.63, 3.8) is 0 Å². The molecule has 0 saturated carbocycles. The van der Waals surface area contributed by atoms with Crippen molar-refractivity contribution in [3.8, 4) is 0 Å². The first kappa shape index (κ1) is 25.3. The number of halogens is 4. The zero-order valence-electron chi connectivity index (χ0n) is 19.1. The Balaban J connectivity index is 1.70. The summed E-state index contributed by atoms with van der Waals surface area (Å²) >= 11 is 0. The molecule has 9 heteroatoms. The fraction of sp³-hybridized carbons (Fsp3) is 0.360. The number of alkyl halides is 3. The molecule has 0 fully saturated rings. The van der Waals surface area contributed by atoms with Gasteiger partial charge in [0.15, 0.2) is 0 Å². The Morgan fingerprint density at radius 1 is 1.21 bits per heavy atom. The van der Waals surface area contributed by atoms with Gasteiger partial charge in [0.25, 0.3) is 0 Å². The largest absolute Gasteiger partial charge is 0.455 e. The third-order valence-electron chi connectivity index (χ3n) is 5.39. The third-order valence-corrected chi connectivity index (χ3v) is 5.39. The maximum atomic E-state index is 13.2. The van der Waals surface area contributed by atoms with Gasteiger partial charge in [0, 0.05) is 19.3 Å². The molecule has 3 rings (SSSR count). The predicted molar refractivity (Wildman–Crippen MR) is 122 cm³/mol. The number of nitrogens with zero attached hydrogens (tertiary/aromatic N) is 3. The number of urea groups is 1. The Morgan fingerprint density at radius 3 is 2.53 bits per heavy atom. The summed E-state index contributed by atoms with van der Waals surface area (Å²) in [6.45, 7) is 4.70. The number of hydrogen-bond acceptors (Lipinski definition) is 2. The van der Waals surface area contributed by atoms with E-state index in [2.05, 4.69) is 4.99 Å². The summed E-state index contributed by atoms with van der Waals surface area (Å²) in [5, 5.41) is 0. The fourth-order valence-corrected chi connectivity index (χ4v) is 3.50. The summed E-state index contributed by atoms with van der Waals surface area (Å²) in [5.41, 5.74) is 2.05. The normalized spacial score (nSPS) is 15.1. The van der Waals surface area contributed by atoms with Crippen molar-refractivity contribution in [2.24, 2.45) is 4.99 Å². The van der Waals surface area contributed by atoms with Gasteiger partial charge in [0.05, 0.1) is 6.54 Å². The minimum atomic E-state index is -4.59. The van der Waals surface area contributed by atoms with Gasteiger partial charge in [-0.3, -0.25) is 4.90 Å². The molecular formula is C25H27F4N3O2. The Bertz CT molecular complexity index is 1070. The molecule has 2 heterocycles. The molecular weight excluding hydrogens is 450 g/mol. The number of amidine groups is 1. The lowest BCUT2D eigenvalue weighted by Crippen LogP contribution is -2.34. The molecule has 1 aromatic carbocycles. The smallest absolute Gasteiger partial charge is 0.449 e. The molecule has 0 atom stereocenters. The zero-order chi connectivity index (χ0) is 24.7. The molecule has 2 aromatic rings. The van der Waals surface area contributed by atoms with Gasteiger partial charge in [-0.05, 0) is 55.2 Å². The lowest BCUT2D eigenvalue weighted by molar-refractivity contribution is -0.153. The molecule has 0 bridgehead atoms. The molecule has 0 aliphatic carbocycles. The molecule has 1 aliphatic rings. The van der Waals surface area contributed by atoms with E-state index in [0.717, 1.165) is 23.6 Å². The van der Waals surface area contributed by atoms with Gasteiger partial charge >= 0.3 is 12.2 Å². The third kappa shape index (κ3) is 6.82. The topological polar surface area (TPSA) is 49.1 Å². The fourth-order valence-electron chi connectivity index (χ4n) is 3.50. The van der Waals surface area contributed by atoms with Gasteiger partial charge in [-0.15, -0.1) is 0 Å². The Morgan fingerprint density at radius 2 is 1.94 bits per heavy atom. The molecule has 1 aromatic heterocycles. The highest BCUT2D eigenvalue weighted by Gasteiger charge is 2.35. The number of carbonyl (C=O) groups excluding carboxylic acids is 1. The number of furan rings is 1. The maximum absolute atomic E-state index is 13.2. The SMILES string of the molecule is CCC/C=C/N(Cc1ccc(C(F)(F)F)o1)C(=O)N=C(C)N1CC=C(c2ccc(F)cc2)CC1. The minimum absolute atomic E-state index is 0.0134. The highest BCUT2D eigenvalue weighted by atomic mass is 19.4. The van der Waals surface area contributed by atoms with Gasteiger partial charge in [0.1, 0.15) is 17.4 Å². The van der Waals surface area contributed by atoms with Crippen molar-refractivity contribution in [1.29, 1.82) is 0 Å². The van der Waals surface area contributed by atoms with Crippen LogP contribution in [-0.2, 0) is 12.7 Å². The number of amides is 2. The van der Waals surface area contributed by atoms with Crippen LogP contribution >= 0.6 is 0 Å². The van der Waals surface area contributed by atoms with Crippen LogP contribution in [-0.4, -0.2) is 34.8 Å². The average molecular weight is 478 g/mol. The molecule has 0 unspecified atom stereocenters. The Labute approximate surface area is 196 Å². The van der Waals surface area contributed by atoms with Gasteiger partial charge in [-0.1, -0.05) is 37.6 Å². The summed E-state index contributed by atoms with van der Waals surface area (Å²) in [7, 11) is 0. The van der Waals surface area contributed by atoms with E-state index in [1.807, 2.05) is 17.9 Å². The van der Waals surface area contributed by atoms with Crippen molar-refractivity contribution in [1.82, 2.24) is 9.80 Å². The van der Waals surface area contributed by atoms with Gasteiger partial charge in [-0.2, -0.15) is 18.2 Å². The van der Waals surface area contributed by atoms with Gasteiger partial charge < -0.3 is 9.32 Å². The van der Waals surface area contributed by atoms with E-state index >= 15 is 0 Å². The van der Waals surface area contributed by atoms with Crippen LogP contribution in [0.5, 0.6) is 0 Å². The monoisotopic (exact) mass is 477 g/mol. The maximum Gasteiger partial charge on any atom is 0.449 e. The number of aliphatic imine (C=N–C) groups is 1. The molecule has 5 nitrogen and oxygen atoms in total. The summed E-state index contributed by atoms with van der Waals surface area (Å²) in [5.74, 6) is -0.877. The van der Waals surface area contributed by atoms with Crippen LogP contribution in [0.4, 0.5) is 22.4 Å². The van der Waals surface area contributed by atoms with Crippen LogP contribution in [0.25, 0.3) is 5.57 Å². The van der Waals surface area contributed by atoms with Crippen LogP contribution in [0.15, 0.2) is 64.2 Å². The van der Waals surface area contributed by atoms with Crippen molar-refractivity contribution in [2.75, 3.05) is 13.1 Å². The number of unbranched alkanes of at least 4 members (excludes halogenated alkanes) is 1. The van der Waals surface area contributed by atoms with Crippen LogP contribution in [0.1, 0.15) is 50.2 Å². The number of hydrogen-bond donors (Lipinski definition) is 0. The van der Waals surface area contributed by atoms with E-state index in [4.69, 9.17) is 4.42 Å². The van der Waals surface area contributed by atoms with E-state index in [1.165, 1.54) is 29.3 Å². The molecule has 182 valence electrons. The first-order valence-corrected chi connectivity index (χ1v) is 11.1. The van der Waals surface area contributed by atoms with Crippen LogP contribution < -0.4 is 0 Å². The van der Waals surface area contributed by atoms with E-state index in [0.29, 0.717) is 31.8 Å².